The summed E-state index contributed by atoms with van der Waals surface area (Å²) in [5, 5.41) is 20.3. The average Bonchev–Trinajstić information content (AvgIpc) is 3.10. The maximum absolute atomic E-state index is 10.1. The quantitative estimate of drug-likeness (QED) is 0.744. The summed E-state index contributed by atoms with van der Waals surface area (Å²) < 4.78 is 16.4. The van der Waals surface area contributed by atoms with Crippen LogP contribution in [0.25, 0.3) is 0 Å². The second kappa shape index (κ2) is 6.58. The molecule has 0 saturated heterocycles. The monoisotopic (exact) mass is 326 g/mol. The highest BCUT2D eigenvalue weighted by Crippen LogP contribution is 2.46. The fourth-order valence-corrected chi connectivity index (χ4v) is 2.91. The standard InChI is InChI=1S/C19H18O5/c1-22-18-12(6-3-8-14(18)20)17(16-10-5-11-24-16)13-7-4-9-15(21)19(13)23-2/h3-11,17,20-21H,1-2H3. The molecule has 0 aliphatic carbocycles. The molecule has 0 unspecified atom stereocenters. The summed E-state index contributed by atoms with van der Waals surface area (Å²) in [4.78, 5) is 0. The highest BCUT2D eigenvalue weighted by molar-refractivity contribution is 5.58. The van der Waals surface area contributed by atoms with E-state index in [1.54, 1.807) is 36.6 Å². The predicted molar refractivity (Wildman–Crippen MR) is 89.0 cm³/mol. The third-order valence-corrected chi connectivity index (χ3v) is 3.91. The number of para-hydroxylation sites is 2. The molecule has 0 aliphatic heterocycles. The summed E-state index contributed by atoms with van der Waals surface area (Å²) in [7, 11) is 2.99. The van der Waals surface area contributed by atoms with Crippen LogP contribution in [0.5, 0.6) is 23.0 Å². The molecule has 5 nitrogen and oxygen atoms in total. The number of phenols is 2. The molecule has 1 aromatic heterocycles. The van der Waals surface area contributed by atoms with Crippen molar-refractivity contribution in [3.8, 4) is 23.0 Å². The first-order valence-corrected chi connectivity index (χ1v) is 7.42. The molecule has 124 valence electrons. The van der Waals surface area contributed by atoms with E-state index >= 15 is 0 Å². The van der Waals surface area contributed by atoms with Crippen molar-refractivity contribution in [3.05, 3.63) is 71.7 Å². The van der Waals surface area contributed by atoms with Crippen molar-refractivity contribution in [1.29, 1.82) is 0 Å². The fourth-order valence-electron chi connectivity index (χ4n) is 2.91. The molecule has 0 atom stereocenters. The summed E-state index contributed by atoms with van der Waals surface area (Å²) in [6, 6.07) is 13.9. The van der Waals surface area contributed by atoms with E-state index in [0.29, 0.717) is 28.4 Å². The number of ether oxygens (including phenoxy) is 2. The van der Waals surface area contributed by atoms with Crippen LogP contribution in [0.1, 0.15) is 22.8 Å². The maximum Gasteiger partial charge on any atom is 0.164 e. The minimum absolute atomic E-state index is 0.0330. The SMILES string of the molecule is COc1c(O)cccc1C(c1ccco1)c1cccc(O)c1OC. The maximum atomic E-state index is 10.1. The Hall–Kier alpha value is -3.08. The number of aromatic hydroxyl groups is 2. The van der Waals surface area contributed by atoms with E-state index in [9.17, 15) is 10.2 Å². The number of phenolic OH excluding ortho intramolecular Hbond substituents is 2. The molecular weight excluding hydrogens is 308 g/mol. The van der Waals surface area contributed by atoms with Gasteiger partial charge in [-0.2, -0.15) is 0 Å². The van der Waals surface area contributed by atoms with Gasteiger partial charge >= 0.3 is 0 Å². The first-order valence-electron chi connectivity index (χ1n) is 7.42. The lowest BCUT2D eigenvalue weighted by Gasteiger charge is -2.21. The van der Waals surface area contributed by atoms with Gasteiger partial charge in [0.2, 0.25) is 0 Å². The fraction of sp³-hybridized carbons (Fsp3) is 0.158. The predicted octanol–water partition coefficient (Wildman–Crippen LogP) is 3.89. The van der Waals surface area contributed by atoms with Gasteiger partial charge in [0, 0.05) is 11.1 Å². The number of hydrogen-bond acceptors (Lipinski definition) is 5. The normalized spacial score (nSPS) is 10.8. The van der Waals surface area contributed by atoms with Crippen LogP contribution in [0, 0.1) is 0 Å². The van der Waals surface area contributed by atoms with Crippen molar-refractivity contribution in [2.75, 3.05) is 14.2 Å². The molecule has 0 bridgehead atoms. The zero-order chi connectivity index (χ0) is 17.1. The van der Waals surface area contributed by atoms with Gasteiger partial charge in [0.15, 0.2) is 23.0 Å². The first-order chi connectivity index (χ1) is 11.7. The van der Waals surface area contributed by atoms with Crippen molar-refractivity contribution in [3.63, 3.8) is 0 Å². The third kappa shape index (κ3) is 2.65. The number of rotatable bonds is 5. The van der Waals surface area contributed by atoms with E-state index < -0.39 is 5.92 Å². The molecule has 5 heteroatoms. The molecule has 0 saturated carbocycles. The molecule has 0 fully saturated rings. The summed E-state index contributed by atoms with van der Waals surface area (Å²) >= 11 is 0. The van der Waals surface area contributed by atoms with Crippen LogP contribution < -0.4 is 9.47 Å². The van der Waals surface area contributed by atoms with Gasteiger partial charge in [-0.05, 0) is 24.3 Å². The number of benzene rings is 2. The molecule has 3 rings (SSSR count). The Balaban J connectivity index is 2.28. The Bertz CT molecular complexity index is 770. The van der Waals surface area contributed by atoms with Gasteiger partial charge in [0.25, 0.3) is 0 Å². The van der Waals surface area contributed by atoms with Crippen LogP contribution in [0.4, 0.5) is 0 Å². The molecular formula is C19H18O5. The number of methoxy groups -OCH3 is 2. The Labute approximate surface area is 139 Å². The van der Waals surface area contributed by atoms with Crippen LogP contribution in [-0.2, 0) is 0 Å². The van der Waals surface area contributed by atoms with Gasteiger partial charge in [-0.25, -0.2) is 0 Å². The van der Waals surface area contributed by atoms with Gasteiger partial charge in [0.05, 0.1) is 26.4 Å². The lowest BCUT2D eigenvalue weighted by atomic mass is 9.87. The van der Waals surface area contributed by atoms with Crippen molar-refractivity contribution in [1.82, 2.24) is 0 Å². The summed E-state index contributed by atoms with van der Waals surface area (Å²) in [5.41, 5.74) is 1.41. The van der Waals surface area contributed by atoms with Crippen molar-refractivity contribution in [2.24, 2.45) is 0 Å². The Morgan fingerprint density at radius 2 is 1.33 bits per heavy atom. The zero-order valence-electron chi connectivity index (χ0n) is 13.4. The van der Waals surface area contributed by atoms with Gasteiger partial charge in [-0.3, -0.25) is 0 Å². The van der Waals surface area contributed by atoms with E-state index in [4.69, 9.17) is 13.9 Å². The van der Waals surface area contributed by atoms with Crippen molar-refractivity contribution in [2.45, 2.75) is 5.92 Å². The van der Waals surface area contributed by atoms with E-state index in [1.807, 2.05) is 18.2 Å². The molecule has 2 N–H and O–H groups in total. The van der Waals surface area contributed by atoms with Crippen LogP contribution >= 0.6 is 0 Å². The average molecular weight is 326 g/mol. The van der Waals surface area contributed by atoms with E-state index in [1.165, 1.54) is 14.2 Å². The van der Waals surface area contributed by atoms with Crippen LogP contribution in [0.2, 0.25) is 0 Å². The van der Waals surface area contributed by atoms with Crippen LogP contribution in [0.3, 0.4) is 0 Å². The van der Waals surface area contributed by atoms with Gasteiger partial charge in [-0.15, -0.1) is 0 Å². The Morgan fingerprint density at radius 1 is 0.792 bits per heavy atom. The molecule has 2 aromatic carbocycles. The lowest BCUT2D eigenvalue weighted by molar-refractivity contribution is 0.360. The summed E-state index contributed by atoms with van der Waals surface area (Å²) in [5.74, 6) is 0.997. The van der Waals surface area contributed by atoms with Crippen LogP contribution in [-0.4, -0.2) is 24.4 Å². The van der Waals surface area contributed by atoms with Crippen molar-refractivity contribution < 1.29 is 24.1 Å². The second-order valence-corrected chi connectivity index (χ2v) is 5.25. The van der Waals surface area contributed by atoms with Gasteiger partial charge in [-0.1, -0.05) is 24.3 Å². The number of furan rings is 1. The first kappa shape index (κ1) is 15.8. The minimum atomic E-state index is -0.413. The minimum Gasteiger partial charge on any atom is -0.504 e. The molecule has 0 amide bonds. The molecule has 1 heterocycles. The third-order valence-electron chi connectivity index (χ3n) is 3.91. The molecule has 3 aromatic rings. The molecule has 0 spiro atoms. The highest BCUT2D eigenvalue weighted by Gasteiger charge is 2.28. The zero-order valence-corrected chi connectivity index (χ0v) is 13.4. The van der Waals surface area contributed by atoms with Gasteiger partial charge < -0.3 is 24.1 Å². The topological polar surface area (TPSA) is 72.1 Å². The summed E-state index contributed by atoms with van der Waals surface area (Å²) in [6.07, 6.45) is 1.58. The highest BCUT2D eigenvalue weighted by atomic mass is 16.5. The lowest BCUT2D eigenvalue weighted by Crippen LogP contribution is -2.06. The summed E-state index contributed by atoms with van der Waals surface area (Å²) in [6.45, 7) is 0. The van der Waals surface area contributed by atoms with E-state index in [-0.39, 0.29) is 11.5 Å². The van der Waals surface area contributed by atoms with Crippen molar-refractivity contribution >= 4 is 0 Å². The largest absolute Gasteiger partial charge is 0.504 e. The van der Waals surface area contributed by atoms with Crippen LogP contribution in [0.15, 0.2) is 59.2 Å². The Kier molecular flexibility index (Phi) is 4.33. The Morgan fingerprint density at radius 3 is 1.75 bits per heavy atom. The van der Waals surface area contributed by atoms with E-state index in [0.717, 1.165) is 0 Å². The molecule has 0 radical (unpaired) electrons. The number of hydrogen-bond donors (Lipinski definition) is 2. The molecule has 24 heavy (non-hydrogen) atoms. The van der Waals surface area contributed by atoms with E-state index in [2.05, 4.69) is 0 Å². The second-order valence-electron chi connectivity index (χ2n) is 5.25. The molecule has 0 aliphatic rings. The van der Waals surface area contributed by atoms with Gasteiger partial charge in [0.1, 0.15) is 5.76 Å². The smallest absolute Gasteiger partial charge is 0.164 e.